The van der Waals surface area contributed by atoms with Gasteiger partial charge in [-0.2, -0.15) is 0 Å². The van der Waals surface area contributed by atoms with Gasteiger partial charge in [0.2, 0.25) is 0 Å². The Morgan fingerprint density at radius 2 is 2.07 bits per heavy atom. The van der Waals surface area contributed by atoms with E-state index < -0.39 is 0 Å². The van der Waals surface area contributed by atoms with Crippen molar-refractivity contribution in [2.75, 3.05) is 17.6 Å². The summed E-state index contributed by atoms with van der Waals surface area (Å²) in [7, 11) is 0. The molecule has 4 rings (SSSR count). The second-order valence-corrected chi connectivity index (χ2v) is 6.60. The van der Waals surface area contributed by atoms with Crippen LogP contribution >= 0.6 is 0 Å². The molecule has 0 spiro atoms. The SMILES string of the molecule is N=Cc1cc(Nc2ccnc(-c3ccc4c(c3)CN(CC=O)C4=O)n2)ccc1N. The van der Waals surface area contributed by atoms with Crippen molar-refractivity contribution in [3.63, 3.8) is 0 Å². The van der Waals surface area contributed by atoms with Gasteiger partial charge in [-0.25, -0.2) is 9.97 Å². The highest BCUT2D eigenvalue weighted by Crippen LogP contribution is 2.27. The first-order chi connectivity index (χ1) is 14.1. The van der Waals surface area contributed by atoms with Crippen LogP contribution in [0.3, 0.4) is 0 Å². The minimum Gasteiger partial charge on any atom is -0.398 e. The van der Waals surface area contributed by atoms with Gasteiger partial charge in [0, 0.05) is 47.0 Å². The first-order valence-corrected chi connectivity index (χ1v) is 8.95. The van der Waals surface area contributed by atoms with Crippen LogP contribution in [0.5, 0.6) is 0 Å². The van der Waals surface area contributed by atoms with Gasteiger partial charge in [-0.05, 0) is 42.0 Å². The Balaban J connectivity index is 1.60. The number of nitrogen functional groups attached to an aromatic ring is 1. The van der Waals surface area contributed by atoms with Crippen molar-refractivity contribution in [1.29, 1.82) is 5.41 Å². The molecule has 8 heteroatoms. The van der Waals surface area contributed by atoms with Crippen LogP contribution in [0.25, 0.3) is 11.4 Å². The largest absolute Gasteiger partial charge is 0.398 e. The van der Waals surface area contributed by atoms with E-state index in [4.69, 9.17) is 11.1 Å². The zero-order valence-electron chi connectivity index (χ0n) is 15.4. The van der Waals surface area contributed by atoms with Gasteiger partial charge in [-0.1, -0.05) is 6.07 Å². The Morgan fingerprint density at radius 1 is 1.21 bits per heavy atom. The summed E-state index contributed by atoms with van der Waals surface area (Å²) in [4.78, 5) is 33.4. The molecular formula is C21H18N6O2. The van der Waals surface area contributed by atoms with Gasteiger partial charge in [0.25, 0.3) is 5.91 Å². The molecule has 0 bridgehead atoms. The summed E-state index contributed by atoms with van der Waals surface area (Å²) in [5.74, 6) is 0.969. The summed E-state index contributed by atoms with van der Waals surface area (Å²) >= 11 is 0. The second kappa shape index (κ2) is 7.51. The summed E-state index contributed by atoms with van der Waals surface area (Å²) in [6, 6.07) is 12.5. The van der Waals surface area contributed by atoms with Crippen LogP contribution in [0.2, 0.25) is 0 Å². The Bertz CT molecular complexity index is 1130. The molecule has 0 fully saturated rings. The van der Waals surface area contributed by atoms with Crippen molar-refractivity contribution < 1.29 is 9.59 Å². The third-order valence-electron chi connectivity index (χ3n) is 4.71. The van der Waals surface area contributed by atoms with E-state index in [9.17, 15) is 9.59 Å². The zero-order valence-corrected chi connectivity index (χ0v) is 15.4. The number of nitrogens with one attached hydrogen (secondary N) is 2. The summed E-state index contributed by atoms with van der Waals surface area (Å²) < 4.78 is 0. The van der Waals surface area contributed by atoms with E-state index in [0.717, 1.165) is 23.1 Å². The molecule has 1 amide bonds. The number of aldehydes is 1. The fraction of sp³-hybridized carbons (Fsp3) is 0.0952. The van der Waals surface area contributed by atoms with Crippen molar-refractivity contribution in [2.45, 2.75) is 6.54 Å². The minimum atomic E-state index is -0.139. The summed E-state index contributed by atoms with van der Waals surface area (Å²) in [5, 5.41) is 10.6. The smallest absolute Gasteiger partial charge is 0.254 e. The number of hydrogen-bond donors (Lipinski definition) is 3. The molecule has 0 unspecified atom stereocenters. The Hall–Kier alpha value is -4.07. The Morgan fingerprint density at radius 3 is 2.86 bits per heavy atom. The lowest BCUT2D eigenvalue weighted by atomic mass is 10.1. The maximum absolute atomic E-state index is 12.3. The highest BCUT2D eigenvalue weighted by Gasteiger charge is 2.27. The molecule has 3 aromatic rings. The first-order valence-electron chi connectivity index (χ1n) is 8.95. The lowest BCUT2D eigenvalue weighted by Crippen LogP contribution is -2.25. The van der Waals surface area contributed by atoms with E-state index in [1.807, 2.05) is 12.1 Å². The molecule has 1 aromatic heterocycles. The molecule has 8 nitrogen and oxygen atoms in total. The van der Waals surface area contributed by atoms with E-state index in [1.165, 1.54) is 11.1 Å². The van der Waals surface area contributed by atoms with Crippen LogP contribution in [0.15, 0.2) is 48.7 Å². The maximum Gasteiger partial charge on any atom is 0.254 e. The number of fused-ring (bicyclic) bond motifs is 1. The summed E-state index contributed by atoms with van der Waals surface area (Å²) in [6.07, 6.45) is 3.58. The average molecular weight is 386 g/mol. The molecule has 29 heavy (non-hydrogen) atoms. The van der Waals surface area contributed by atoms with Gasteiger partial charge in [-0.15, -0.1) is 0 Å². The number of benzene rings is 2. The number of aromatic nitrogens is 2. The Labute approximate surface area is 166 Å². The van der Waals surface area contributed by atoms with Crippen molar-refractivity contribution in [1.82, 2.24) is 14.9 Å². The predicted molar refractivity (Wildman–Crippen MR) is 110 cm³/mol. The average Bonchev–Trinajstić information content (AvgIpc) is 3.05. The monoisotopic (exact) mass is 386 g/mol. The van der Waals surface area contributed by atoms with Crippen LogP contribution in [-0.2, 0) is 11.3 Å². The number of hydrogen-bond acceptors (Lipinski definition) is 7. The highest BCUT2D eigenvalue weighted by atomic mass is 16.2. The van der Waals surface area contributed by atoms with Crippen LogP contribution in [0, 0.1) is 5.41 Å². The first kappa shape index (κ1) is 18.3. The Kier molecular flexibility index (Phi) is 4.74. The minimum absolute atomic E-state index is 0.0814. The van der Waals surface area contributed by atoms with Gasteiger partial charge in [0.05, 0.1) is 6.54 Å². The second-order valence-electron chi connectivity index (χ2n) is 6.60. The summed E-state index contributed by atoms with van der Waals surface area (Å²) in [6.45, 7) is 0.481. The number of nitrogens with two attached hydrogens (primary N) is 1. The number of rotatable bonds is 6. The molecule has 0 saturated heterocycles. The molecule has 4 N–H and O–H groups in total. The fourth-order valence-corrected chi connectivity index (χ4v) is 3.25. The zero-order chi connectivity index (χ0) is 20.4. The molecule has 2 heterocycles. The number of nitrogens with zero attached hydrogens (tertiary/aromatic N) is 3. The summed E-state index contributed by atoms with van der Waals surface area (Å²) in [5.41, 5.74) is 9.97. The lowest BCUT2D eigenvalue weighted by molar-refractivity contribution is -0.108. The highest BCUT2D eigenvalue weighted by molar-refractivity contribution is 5.99. The molecule has 0 atom stereocenters. The molecule has 0 aliphatic carbocycles. The van der Waals surface area contributed by atoms with Gasteiger partial charge >= 0.3 is 0 Å². The van der Waals surface area contributed by atoms with Crippen molar-refractivity contribution in [2.24, 2.45) is 0 Å². The van der Waals surface area contributed by atoms with Gasteiger partial charge in [0.1, 0.15) is 12.1 Å². The molecule has 1 aliphatic heterocycles. The van der Waals surface area contributed by atoms with Gasteiger partial charge in [-0.3, -0.25) is 4.79 Å². The van der Waals surface area contributed by atoms with E-state index >= 15 is 0 Å². The van der Waals surface area contributed by atoms with Crippen molar-refractivity contribution >= 4 is 35.6 Å². The van der Waals surface area contributed by atoms with E-state index in [0.29, 0.717) is 35.0 Å². The van der Waals surface area contributed by atoms with Crippen LogP contribution in [0.4, 0.5) is 17.2 Å². The molecule has 1 aliphatic rings. The number of carbonyl (C=O) groups excluding carboxylic acids is 2. The van der Waals surface area contributed by atoms with Crippen molar-refractivity contribution in [3.8, 4) is 11.4 Å². The van der Waals surface area contributed by atoms with Crippen LogP contribution in [0.1, 0.15) is 21.5 Å². The normalized spacial score (nSPS) is 12.6. The molecule has 0 saturated carbocycles. The quantitative estimate of drug-likeness (QED) is 0.340. The molecule has 2 aromatic carbocycles. The number of carbonyl (C=O) groups is 2. The van der Waals surface area contributed by atoms with E-state index in [2.05, 4.69) is 15.3 Å². The van der Waals surface area contributed by atoms with Crippen LogP contribution < -0.4 is 11.1 Å². The predicted octanol–water partition coefficient (Wildman–Crippen LogP) is 2.62. The standard InChI is InChI=1S/C21H18N6O2/c22-11-14-10-16(2-4-18(14)23)25-19-5-6-24-20(26-19)13-1-3-17-15(9-13)12-27(7-8-28)21(17)29/h1-6,8-11,22H,7,12,23H2,(H,24,25,26). The molecule has 0 radical (unpaired) electrons. The lowest BCUT2D eigenvalue weighted by Gasteiger charge is -2.10. The number of amides is 1. The van der Waals surface area contributed by atoms with Gasteiger partial charge in [0.15, 0.2) is 5.82 Å². The fourth-order valence-electron chi connectivity index (χ4n) is 3.25. The maximum atomic E-state index is 12.3. The van der Waals surface area contributed by atoms with E-state index in [1.54, 1.807) is 36.5 Å². The molecule has 144 valence electrons. The third kappa shape index (κ3) is 3.55. The topological polar surface area (TPSA) is 125 Å². The number of anilines is 3. The molecular weight excluding hydrogens is 368 g/mol. The van der Waals surface area contributed by atoms with Crippen molar-refractivity contribution in [3.05, 3.63) is 65.4 Å². The van der Waals surface area contributed by atoms with Gasteiger partial charge < -0.3 is 26.2 Å². The van der Waals surface area contributed by atoms with Crippen LogP contribution in [-0.4, -0.2) is 39.8 Å². The third-order valence-corrected chi connectivity index (χ3v) is 4.71. The van der Waals surface area contributed by atoms with E-state index in [-0.39, 0.29) is 12.5 Å².